The molecule has 6 heteroatoms. The molecule has 2 aromatic rings. The summed E-state index contributed by atoms with van der Waals surface area (Å²) in [6.45, 7) is 3.88. The molecular formula is C21H22N2O4. The molecule has 6 nitrogen and oxygen atoms in total. The number of anilines is 2. The summed E-state index contributed by atoms with van der Waals surface area (Å²) in [5.41, 5.74) is 3.64. The molecule has 140 valence electrons. The number of carbonyl (C=O) groups is 3. The Kier molecular flexibility index (Phi) is 5.54. The van der Waals surface area contributed by atoms with Gasteiger partial charge in [0, 0.05) is 24.3 Å². The van der Waals surface area contributed by atoms with Gasteiger partial charge in [-0.2, -0.15) is 0 Å². The van der Waals surface area contributed by atoms with Crippen LogP contribution in [-0.2, 0) is 19.1 Å². The van der Waals surface area contributed by atoms with E-state index in [9.17, 15) is 14.4 Å². The number of hydrogen-bond acceptors (Lipinski definition) is 4. The van der Waals surface area contributed by atoms with Crippen molar-refractivity contribution < 1.29 is 19.1 Å². The van der Waals surface area contributed by atoms with Crippen molar-refractivity contribution in [1.29, 1.82) is 0 Å². The van der Waals surface area contributed by atoms with Crippen LogP contribution < -0.4 is 10.2 Å². The average molecular weight is 366 g/mol. The van der Waals surface area contributed by atoms with Crippen LogP contribution in [0.2, 0.25) is 0 Å². The van der Waals surface area contributed by atoms with Gasteiger partial charge >= 0.3 is 5.97 Å². The topological polar surface area (TPSA) is 75.7 Å². The molecule has 0 aromatic heterocycles. The highest BCUT2D eigenvalue weighted by Gasteiger charge is 2.36. The molecule has 2 aromatic carbocycles. The Labute approximate surface area is 158 Å². The number of ether oxygens (including phenoxy) is 1. The molecule has 1 heterocycles. The van der Waals surface area contributed by atoms with Gasteiger partial charge in [0.25, 0.3) is 5.91 Å². The second-order valence-corrected chi connectivity index (χ2v) is 6.70. The fourth-order valence-electron chi connectivity index (χ4n) is 2.98. The van der Waals surface area contributed by atoms with Crippen LogP contribution in [0.25, 0.3) is 0 Å². The second-order valence-electron chi connectivity index (χ2n) is 6.70. The summed E-state index contributed by atoms with van der Waals surface area (Å²) >= 11 is 0. The lowest BCUT2D eigenvalue weighted by molar-refractivity contribution is -0.151. The van der Waals surface area contributed by atoms with Crippen molar-refractivity contribution in [3.05, 3.63) is 59.7 Å². The van der Waals surface area contributed by atoms with Crippen LogP contribution in [0.5, 0.6) is 0 Å². The van der Waals surface area contributed by atoms with Gasteiger partial charge in [0.05, 0.1) is 5.92 Å². The lowest BCUT2D eigenvalue weighted by Gasteiger charge is -2.17. The minimum absolute atomic E-state index is 0.0893. The predicted molar refractivity (Wildman–Crippen MR) is 102 cm³/mol. The van der Waals surface area contributed by atoms with Crippen LogP contribution in [0.4, 0.5) is 11.4 Å². The zero-order valence-corrected chi connectivity index (χ0v) is 15.4. The van der Waals surface area contributed by atoms with Gasteiger partial charge in [-0.25, -0.2) is 0 Å². The maximum absolute atomic E-state index is 12.3. The number of para-hydroxylation sites is 1. The van der Waals surface area contributed by atoms with E-state index in [-0.39, 0.29) is 25.5 Å². The summed E-state index contributed by atoms with van der Waals surface area (Å²) < 4.78 is 5.11. The zero-order chi connectivity index (χ0) is 19.4. The van der Waals surface area contributed by atoms with Gasteiger partial charge in [0.1, 0.15) is 0 Å². The average Bonchev–Trinajstić information content (AvgIpc) is 3.05. The SMILES string of the molecule is Cc1ccc(N2CC(C(=O)OCC(=O)Nc3ccccc3)CC2=O)cc1C. The lowest BCUT2D eigenvalue weighted by atomic mass is 10.1. The Balaban J connectivity index is 1.54. The van der Waals surface area contributed by atoms with Gasteiger partial charge in [-0.1, -0.05) is 24.3 Å². The molecule has 1 aliphatic heterocycles. The molecule has 0 spiro atoms. The Morgan fingerprint density at radius 2 is 1.85 bits per heavy atom. The van der Waals surface area contributed by atoms with Crippen LogP contribution in [-0.4, -0.2) is 30.9 Å². The quantitative estimate of drug-likeness (QED) is 0.826. The van der Waals surface area contributed by atoms with E-state index in [0.717, 1.165) is 16.8 Å². The first-order chi connectivity index (χ1) is 12.9. The minimum Gasteiger partial charge on any atom is -0.455 e. The van der Waals surface area contributed by atoms with E-state index < -0.39 is 17.8 Å². The lowest BCUT2D eigenvalue weighted by Crippen LogP contribution is -2.28. The molecule has 0 bridgehead atoms. The summed E-state index contributed by atoms with van der Waals surface area (Å²) in [7, 11) is 0. The fraction of sp³-hybridized carbons (Fsp3) is 0.286. The van der Waals surface area contributed by atoms with Crippen LogP contribution >= 0.6 is 0 Å². The predicted octanol–water partition coefficient (Wildman–Crippen LogP) is 2.84. The standard InChI is InChI=1S/C21H22N2O4/c1-14-8-9-18(10-15(14)2)23-12-16(11-20(23)25)21(26)27-13-19(24)22-17-6-4-3-5-7-17/h3-10,16H,11-13H2,1-2H3,(H,22,24). The van der Waals surface area contributed by atoms with Crippen molar-refractivity contribution in [3.63, 3.8) is 0 Å². The highest BCUT2D eigenvalue weighted by Crippen LogP contribution is 2.27. The fourth-order valence-corrected chi connectivity index (χ4v) is 2.98. The number of rotatable bonds is 5. The van der Waals surface area contributed by atoms with Crippen molar-refractivity contribution in [2.75, 3.05) is 23.4 Å². The molecule has 0 saturated carbocycles. The summed E-state index contributed by atoms with van der Waals surface area (Å²) in [5.74, 6) is -1.62. The molecule has 1 aliphatic rings. The first-order valence-electron chi connectivity index (χ1n) is 8.83. The van der Waals surface area contributed by atoms with Gasteiger partial charge in [-0.3, -0.25) is 14.4 Å². The van der Waals surface area contributed by atoms with Crippen LogP contribution in [0.15, 0.2) is 48.5 Å². The molecule has 1 atom stereocenters. The normalized spacial score (nSPS) is 16.3. The number of nitrogens with zero attached hydrogens (tertiary/aromatic N) is 1. The summed E-state index contributed by atoms with van der Waals surface area (Å²) in [6.07, 6.45) is 0.0893. The molecule has 1 N–H and O–H groups in total. The monoisotopic (exact) mass is 366 g/mol. The number of aryl methyl sites for hydroxylation is 2. The third kappa shape index (κ3) is 4.53. The van der Waals surface area contributed by atoms with Gasteiger partial charge in [-0.05, 0) is 49.2 Å². The van der Waals surface area contributed by atoms with Crippen molar-refractivity contribution in [1.82, 2.24) is 0 Å². The van der Waals surface area contributed by atoms with Gasteiger partial charge < -0.3 is 15.0 Å². The van der Waals surface area contributed by atoms with Gasteiger partial charge in [-0.15, -0.1) is 0 Å². The summed E-state index contributed by atoms with van der Waals surface area (Å²) in [6, 6.07) is 14.7. The molecule has 1 saturated heterocycles. The molecule has 3 rings (SSSR count). The first-order valence-corrected chi connectivity index (χ1v) is 8.83. The van der Waals surface area contributed by atoms with Crippen molar-refractivity contribution in [2.45, 2.75) is 20.3 Å². The molecule has 0 aliphatic carbocycles. The number of nitrogens with one attached hydrogen (secondary N) is 1. The van der Waals surface area contributed by atoms with E-state index in [1.54, 1.807) is 29.2 Å². The third-order valence-corrected chi connectivity index (χ3v) is 4.66. The van der Waals surface area contributed by atoms with E-state index >= 15 is 0 Å². The first kappa shape index (κ1) is 18.6. The Morgan fingerprint density at radius 1 is 1.11 bits per heavy atom. The summed E-state index contributed by atoms with van der Waals surface area (Å²) in [4.78, 5) is 38.1. The van der Waals surface area contributed by atoms with E-state index in [2.05, 4.69) is 5.32 Å². The maximum Gasteiger partial charge on any atom is 0.311 e. The van der Waals surface area contributed by atoms with Crippen LogP contribution in [0.1, 0.15) is 17.5 Å². The number of benzene rings is 2. The van der Waals surface area contributed by atoms with Gasteiger partial charge in [0.2, 0.25) is 5.91 Å². The number of hydrogen-bond donors (Lipinski definition) is 1. The van der Waals surface area contributed by atoms with E-state index in [0.29, 0.717) is 5.69 Å². The van der Waals surface area contributed by atoms with Crippen molar-refractivity contribution in [3.8, 4) is 0 Å². The highest BCUT2D eigenvalue weighted by atomic mass is 16.5. The van der Waals surface area contributed by atoms with E-state index in [1.165, 1.54) is 0 Å². The maximum atomic E-state index is 12.3. The second kappa shape index (κ2) is 8.03. The molecule has 1 fully saturated rings. The highest BCUT2D eigenvalue weighted by molar-refractivity contribution is 6.00. The minimum atomic E-state index is -0.566. The van der Waals surface area contributed by atoms with Crippen molar-refractivity contribution in [2.24, 2.45) is 5.92 Å². The number of amides is 2. The number of carbonyl (C=O) groups excluding carboxylic acids is 3. The summed E-state index contributed by atoms with van der Waals surface area (Å²) in [5, 5.41) is 2.65. The molecule has 1 unspecified atom stereocenters. The molecule has 2 amide bonds. The van der Waals surface area contributed by atoms with Gasteiger partial charge in [0.15, 0.2) is 6.61 Å². The number of esters is 1. The Bertz CT molecular complexity index is 864. The van der Waals surface area contributed by atoms with Crippen LogP contribution in [0, 0.1) is 19.8 Å². The van der Waals surface area contributed by atoms with E-state index in [1.807, 2.05) is 38.1 Å². The van der Waals surface area contributed by atoms with Crippen molar-refractivity contribution >= 4 is 29.2 Å². The zero-order valence-electron chi connectivity index (χ0n) is 15.4. The molecule has 0 radical (unpaired) electrons. The smallest absolute Gasteiger partial charge is 0.311 e. The van der Waals surface area contributed by atoms with Crippen LogP contribution in [0.3, 0.4) is 0 Å². The Hall–Kier alpha value is -3.15. The Morgan fingerprint density at radius 3 is 2.56 bits per heavy atom. The van der Waals surface area contributed by atoms with E-state index in [4.69, 9.17) is 4.74 Å². The molecular weight excluding hydrogens is 344 g/mol. The largest absolute Gasteiger partial charge is 0.455 e. The third-order valence-electron chi connectivity index (χ3n) is 4.66. The molecule has 27 heavy (non-hydrogen) atoms.